The molecule has 0 unspecified atom stereocenters. The Balaban J connectivity index is 1.76. The number of halogens is 1. The summed E-state index contributed by atoms with van der Waals surface area (Å²) < 4.78 is 19.4. The molecule has 2 fully saturated rings. The Morgan fingerprint density at radius 3 is 2.67 bits per heavy atom. The predicted octanol–water partition coefficient (Wildman–Crippen LogP) is 3.22. The van der Waals surface area contributed by atoms with Crippen molar-refractivity contribution in [3.63, 3.8) is 0 Å². The molecule has 0 aliphatic carbocycles. The summed E-state index contributed by atoms with van der Waals surface area (Å²) in [7, 11) is 1.54. The van der Waals surface area contributed by atoms with Crippen LogP contribution >= 0.6 is 0 Å². The largest absolute Gasteiger partial charge is 0.497 e. The lowest BCUT2D eigenvalue weighted by atomic mass is 9.78. The van der Waals surface area contributed by atoms with Gasteiger partial charge in [0.25, 0.3) is 0 Å². The van der Waals surface area contributed by atoms with Crippen molar-refractivity contribution in [1.29, 1.82) is 0 Å². The molecule has 3 rings (SSSR count). The maximum absolute atomic E-state index is 14.2. The molecule has 0 aromatic heterocycles. The second kappa shape index (κ2) is 7.13. The lowest BCUT2D eigenvalue weighted by Gasteiger charge is -2.39. The molecule has 1 spiro atoms. The molecule has 1 aromatic carbocycles. The van der Waals surface area contributed by atoms with Crippen molar-refractivity contribution >= 4 is 11.8 Å². The summed E-state index contributed by atoms with van der Waals surface area (Å²) in [5.41, 5.74) is -0.512. The van der Waals surface area contributed by atoms with Gasteiger partial charge in [-0.1, -0.05) is 20.8 Å². The highest BCUT2D eigenvalue weighted by Crippen LogP contribution is 2.41. The number of likely N-dealkylation sites (tertiary alicyclic amines) is 2. The second-order valence-electron chi connectivity index (χ2n) is 8.79. The number of hydrogen-bond donors (Lipinski definition) is 0. The van der Waals surface area contributed by atoms with Crippen molar-refractivity contribution < 1.29 is 18.7 Å². The summed E-state index contributed by atoms with van der Waals surface area (Å²) in [6, 6.07) is 4.59. The van der Waals surface area contributed by atoms with Crippen LogP contribution in [0.3, 0.4) is 0 Å². The van der Waals surface area contributed by atoms with Crippen LogP contribution in [0.5, 0.6) is 5.75 Å². The van der Waals surface area contributed by atoms with Crippen molar-refractivity contribution in [2.75, 3.05) is 26.7 Å². The molecule has 0 bridgehead atoms. The van der Waals surface area contributed by atoms with E-state index in [1.165, 1.54) is 13.2 Å². The molecule has 2 heterocycles. The van der Waals surface area contributed by atoms with E-state index in [4.69, 9.17) is 4.74 Å². The van der Waals surface area contributed by atoms with Crippen LogP contribution in [0.4, 0.5) is 4.39 Å². The van der Waals surface area contributed by atoms with Gasteiger partial charge in [0.15, 0.2) is 0 Å². The van der Waals surface area contributed by atoms with Crippen LogP contribution in [0.25, 0.3) is 0 Å². The van der Waals surface area contributed by atoms with Gasteiger partial charge < -0.3 is 14.5 Å². The van der Waals surface area contributed by atoms with Crippen LogP contribution in [-0.2, 0) is 16.1 Å². The van der Waals surface area contributed by atoms with E-state index >= 15 is 0 Å². The van der Waals surface area contributed by atoms with Gasteiger partial charge >= 0.3 is 0 Å². The zero-order chi connectivity index (χ0) is 19.8. The SMILES string of the molecule is COc1ccc(F)c(CN2CCC[C@@]3(CCN(C(=O)C(C)(C)C)C3)C2=O)c1. The number of ether oxygens (including phenoxy) is 1. The molecule has 5 nitrogen and oxygen atoms in total. The summed E-state index contributed by atoms with van der Waals surface area (Å²) >= 11 is 0. The van der Waals surface area contributed by atoms with Gasteiger partial charge in [0.2, 0.25) is 11.8 Å². The van der Waals surface area contributed by atoms with E-state index in [2.05, 4.69) is 0 Å². The third-order valence-corrected chi connectivity index (χ3v) is 5.72. The molecule has 0 N–H and O–H groups in total. The fourth-order valence-corrected chi connectivity index (χ4v) is 4.21. The number of methoxy groups -OCH3 is 1. The molecule has 1 atom stereocenters. The van der Waals surface area contributed by atoms with E-state index in [1.54, 1.807) is 17.0 Å². The number of amides is 2. The first-order chi connectivity index (χ1) is 12.7. The summed E-state index contributed by atoms with van der Waals surface area (Å²) in [4.78, 5) is 29.5. The highest BCUT2D eigenvalue weighted by molar-refractivity contribution is 5.87. The highest BCUT2D eigenvalue weighted by atomic mass is 19.1. The minimum absolute atomic E-state index is 0.0418. The first-order valence-corrected chi connectivity index (χ1v) is 9.57. The van der Waals surface area contributed by atoms with Gasteiger partial charge in [-0.3, -0.25) is 9.59 Å². The predicted molar refractivity (Wildman–Crippen MR) is 101 cm³/mol. The average molecular weight is 376 g/mol. The topological polar surface area (TPSA) is 49.9 Å². The highest BCUT2D eigenvalue weighted by Gasteiger charge is 2.50. The number of carbonyl (C=O) groups excluding carboxylic acids is 2. The van der Waals surface area contributed by atoms with E-state index in [0.717, 1.165) is 12.8 Å². The van der Waals surface area contributed by atoms with Crippen molar-refractivity contribution in [2.24, 2.45) is 10.8 Å². The zero-order valence-electron chi connectivity index (χ0n) is 16.7. The molecular formula is C21H29FN2O3. The maximum Gasteiger partial charge on any atom is 0.230 e. The first kappa shape index (κ1) is 19.6. The number of piperidine rings is 1. The van der Waals surface area contributed by atoms with Crippen LogP contribution < -0.4 is 4.74 Å². The Labute approximate surface area is 160 Å². The lowest BCUT2D eigenvalue weighted by molar-refractivity contribution is -0.147. The lowest BCUT2D eigenvalue weighted by Crippen LogP contribution is -2.50. The monoisotopic (exact) mass is 376 g/mol. The fraction of sp³-hybridized carbons (Fsp3) is 0.619. The molecule has 27 heavy (non-hydrogen) atoms. The molecule has 6 heteroatoms. The van der Waals surface area contributed by atoms with Crippen LogP contribution in [0.2, 0.25) is 0 Å². The standard InChI is InChI=1S/C21H29FN2O3/c1-20(2,3)18(25)24-11-9-21(14-24)8-5-10-23(19(21)26)13-15-12-16(27-4)6-7-17(15)22/h6-7,12H,5,8-11,13-14H2,1-4H3/t21-/m0/s1. The average Bonchev–Trinajstić information content (AvgIpc) is 3.04. The number of rotatable bonds is 3. The van der Waals surface area contributed by atoms with Crippen LogP contribution in [0, 0.1) is 16.6 Å². The Morgan fingerprint density at radius 1 is 1.26 bits per heavy atom. The van der Waals surface area contributed by atoms with Crippen LogP contribution in [0.1, 0.15) is 45.6 Å². The molecule has 2 aliphatic heterocycles. The number of nitrogens with zero attached hydrogens (tertiary/aromatic N) is 2. The number of hydrogen-bond acceptors (Lipinski definition) is 3. The normalized spacial score (nSPS) is 23.2. The fourth-order valence-electron chi connectivity index (χ4n) is 4.21. The minimum atomic E-state index is -0.519. The van der Waals surface area contributed by atoms with Crippen LogP contribution in [-0.4, -0.2) is 48.4 Å². The van der Waals surface area contributed by atoms with Crippen molar-refractivity contribution in [3.05, 3.63) is 29.6 Å². The quantitative estimate of drug-likeness (QED) is 0.814. The minimum Gasteiger partial charge on any atom is -0.497 e. The molecule has 0 radical (unpaired) electrons. The summed E-state index contributed by atoms with van der Waals surface area (Å²) in [6.07, 6.45) is 2.34. The molecule has 1 aromatic rings. The second-order valence-corrected chi connectivity index (χ2v) is 8.79. The molecule has 0 saturated carbocycles. The van der Waals surface area contributed by atoms with Crippen LogP contribution in [0.15, 0.2) is 18.2 Å². The summed E-state index contributed by atoms with van der Waals surface area (Å²) in [5, 5.41) is 0. The van der Waals surface area contributed by atoms with Gasteiger partial charge in [0, 0.05) is 37.2 Å². The van der Waals surface area contributed by atoms with Gasteiger partial charge in [0.05, 0.1) is 12.5 Å². The summed E-state index contributed by atoms with van der Waals surface area (Å²) in [6.45, 7) is 7.65. The van der Waals surface area contributed by atoms with Crippen molar-refractivity contribution in [3.8, 4) is 5.75 Å². The smallest absolute Gasteiger partial charge is 0.230 e. The van der Waals surface area contributed by atoms with E-state index in [1.807, 2.05) is 25.7 Å². The Morgan fingerprint density at radius 2 is 2.00 bits per heavy atom. The van der Waals surface area contributed by atoms with E-state index in [0.29, 0.717) is 37.4 Å². The van der Waals surface area contributed by atoms with Gasteiger partial charge in [-0.25, -0.2) is 4.39 Å². The van der Waals surface area contributed by atoms with Gasteiger partial charge in [-0.2, -0.15) is 0 Å². The molecule has 2 aliphatic rings. The summed E-state index contributed by atoms with van der Waals surface area (Å²) in [5.74, 6) is 0.371. The maximum atomic E-state index is 14.2. The Hall–Kier alpha value is -2.11. The van der Waals surface area contributed by atoms with Gasteiger partial charge in [-0.15, -0.1) is 0 Å². The molecule has 2 amide bonds. The van der Waals surface area contributed by atoms with Crippen molar-refractivity contribution in [2.45, 2.75) is 46.6 Å². The Kier molecular flexibility index (Phi) is 5.19. The Bertz CT molecular complexity index is 743. The number of benzene rings is 1. The zero-order valence-corrected chi connectivity index (χ0v) is 16.7. The molecular weight excluding hydrogens is 347 g/mol. The van der Waals surface area contributed by atoms with E-state index in [9.17, 15) is 14.0 Å². The third-order valence-electron chi connectivity index (χ3n) is 5.72. The van der Waals surface area contributed by atoms with E-state index < -0.39 is 10.8 Å². The van der Waals surface area contributed by atoms with E-state index in [-0.39, 0.29) is 24.2 Å². The number of carbonyl (C=O) groups is 2. The van der Waals surface area contributed by atoms with Gasteiger partial charge in [-0.05, 0) is 37.5 Å². The van der Waals surface area contributed by atoms with Crippen molar-refractivity contribution in [1.82, 2.24) is 9.80 Å². The first-order valence-electron chi connectivity index (χ1n) is 9.57. The third kappa shape index (κ3) is 3.80. The molecule has 2 saturated heterocycles. The van der Waals surface area contributed by atoms with Gasteiger partial charge in [0.1, 0.15) is 11.6 Å². The molecule has 148 valence electrons.